The lowest BCUT2D eigenvalue weighted by Crippen LogP contribution is -2.33. The van der Waals surface area contributed by atoms with Gasteiger partial charge in [-0.05, 0) is 43.7 Å². The number of hydrogen-bond donors (Lipinski definition) is 2. The molecule has 0 heterocycles. The Bertz CT molecular complexity index is 533. The Balaban J connectivity index is 2.12. The van der Waals surface area contributed by atoms with Crippen molar-refractivity contribution in [2.45, 2.75) is 36.7 Å². The maximum Gasteiger partial charge on any atom is 0.416 e. The number of carbonyl (C=O) groups excluding carboxylic acids is 1. The third-order valence-corrected chi connectivity index (χ3v) is 4.77. The standard InChI is InChI=1S/C14H17F3N2OS/c1-21-10-4-3-9(7-10)19-13(20)11-6-8(14(15,16)17)2-5-12(11)18/h2,5-6,9-10H,3-4,7,18H2,1H3,(H,19,20)/t9-,10+/m1/s1. The normalized spacial score (nSPS) is 22.3. The van der Waals surface area contributed by atoms with Gasteiger partial charge < -0.3 is 11.1 Å². The van der Waals surface area contributed by atoms with Gasteiger partial charge in [0.05, 0.1) is 11.1 Å². The van der Waals surface area contributed by atoms with Gasteiger partial charge in [-0.25, -0.2) is 0 Å². The second-order valence-electron chi connectivity index (χ2n) is 5.14. The van der Waals surface area contributed by atoms with Gasteiger partial charge in [0, 0.05) is 17.0 Å². The highest BCUT2D eigenvalue weighted by Gasteiger charge is 2.32. The Morgan fingerprint density at radius 1 is 1.38 bits per heavy atom. The van der Waals surface area contributed by atoms with Gasteiger partial charge >= 0.3 is 6.18 Å². The Hall–Kier alpha value is -1.37. The van der Waals surface area contributed by atoms with Crippen LogP contribution in [0.1, 0.15) is 35.2 Å². The molecule has 2 atom stereocenters. The molecule has 1 fully saturated rings. The number of anilines is 1. The summed E-state index contributed by atoms with van der Waals surface area (Å²) in [5.74, 6) is -0.537. The zero-order valence-corrected chi connectivity index (χ0v) is 12.4. The Labute approximate surface area is 125 Å². The molecule has 0 bridgehead atoms. The number of hydrogen-bond acceptors (Lipinski definition) is 3. The Kier molecular flexibility index (Phi) is 4.70. The predicted molar refractivity (Wildman–Crippen MR) is 78.3 cm³/mol. The predicted octanol–water partition coefficient (Wildman–Crippen LogP) is 3.30. The van der Waals surface area contributed by atoms with Crippen molar-refractivity contribution in [2.24, 2.45) is 0 Å². The number of nitrogens with one attached hydrogen (secondary N) is 1. The summed E-state index contributed by atoms with van der Waals surface area (Å²) in [6.45, 7) is 0. The second kappa shape index (κ2) is 6.17. The van der Waals surface area contributed by atoms with Gasteiger partial charge in [-0.3, -0.25) is 4.79 Å². The van der Waals surface area contributed by atoms with Gasteiger partial charge in [-0.2, -0.15) is 24.9 Å². The molecule has 0 aliphatic heterocycles. The quantitative estimate of drug-likeness (QED) is 0.841. The molecule has 3 N–H and O–H groups in total. The highest BCUT2D eigenvalue weighted by Crippen LogP contribution is 2.32. The van der Waals surface area contributed by atoms with Crippen LogP contribution in [-0.2, 0) is 6.18 Å². The van der Waals surface area contributed by atoms with E-state index < -0.39 is 17.6 Å². The first kappa shape index (κ1) is 16.0. The minimum absolute atomic E-state index is 0.00360. The topological polar surface area (TPSA) is 55.1 Å². The summed E-state index contributed by atoms with van der Waals surface area (Å²) >= 11 is 1.74. The lowest BCUT2D eigenvalue weighted by Gasteiger charge is -2.15. The maximum atomic E-state index is 12.7. The smallest absolute Gasteiger partial charge is 0.398 e. The molecule has 1 saturated carbocycles. The van der Waals surface area contributed by atoms with E-state index in [4.69, 9.17) is 5.73 Å². The van der Waals surface area contributed by atoms with Crippen molar-refractivity contribution in [1.82, 2.24) is 5.32 Å². The lowest BCUT2D eigenvalue weighted by atomic mass is 10.1. The molecule has 0 unspecified atom stereocenters. The summed E-state index contributed by atoms with van der Waals surface area (Å²) in [4.78, 5) is 12.1. The van der Waals surface area contributed by atoms with Crippen molar-refractivity contribution in [3.8, 4) is 0 Å². The van der Waals surface area contributed by atoms with E-state index in [2.05, 4.69) is 5.32 Å². The molecule has 0 radical (unpaired) electrons. The number of thioether (sulfide) groups is 1. The summed E-state index contributed by atoms with van der Waals surface area (Å²) in [6.07, 6.45) is 0.214. The van der Waals surface area contributed by atoms with Crippen LogP contribution in [0.3, 0.4) is 0 Å². The molecular weight excluding hydrogens is 301 g/mol. The van der Waals surface area contributed by atoms with E-state index in [0.29, 0.717) is 5.25 Å². The van der Waals surface area contributed by atoms with Crippen LogP contribution in [0.2, 0.25) is 0 Å². The summed E-state index contributed by atoms with van der Waals surface area (Å²) in [5.41, 5.74) is 4.71. The van der Waals surface area contributed by atoms with E-state index in [1.807, 2.05) is 6.26 Å². The van der Waals surface area contributed by atoms with Crippen molar-refractivity contribution in [3.05, 3.63) is 29.3 Å². The van der Waals surface area contributed by atoms with Crippen molar-refractivity contribution in [2.75, 3.05) is 12.0 Å². The number of benzene rings is 1. The van der Waals surface area contributed by atoms with Gasteiger partial charge in [0.2, 0.25) is 0 Å². The van der Waals surface area contributed by atoms with E-state index in [1.165, 1.54) is 0 Å². The van der Waals surface area contributed by atoms with Crippen LogP contribution in [0, 0.1) is 0 Å². The molecule has 0 aromatic heterocycles. The van der Waals surface area contributed by atoms with E-state index in [9.17, 15) is 18.0 Å². The molecule has 1 aliphatic carbocycles. The molecule has 116 valence electrons. The highest BCUT2D eigenvalue weighted by atomic mass is 32.2. The fraction of sp³-hybridized carbons (Fsp3) is 0.500. The van der Waals surface area contributed by atoms with Crippen LogP contribution in [0.25, 0.3) is 0 Å². The monoisotopic (exact) mass is 318 g/mol. The first-order valence-corrected chi connectivity index (χ1v) is 7.90. The SMILES string of the molecule is CS[C@H]1CC[C@@H](NC(=O)c2cc(C(F)(F)F)ccc2N)C1. The van der Waals surface area contributed by atoms with Gasteiger partial charge in [0.25, 0.3) is 5.91 Å². The van der Waals surface area contributed by atoms with Gasteiger partial charge in [-0.1, -0.05) is 0 Å². The number of alkyl halides is 3. The van der Waals surface area contributed by atoms with Crippen molar-refractivity contribution < 1.29 is 18.0 Å². The van der Waals surface area contributed by atoms with Crippen LogP contribution in [0.5, 0.6) is 0 Å². The summed E-state index contributed by atoms with van der Waals surface area (Å²) in [6, 6.07) is 2.82. The fourth-order valence-electron chi connectivity index (χ4n) is 2.48. The third-order valence-electron chi connectivity index (χ3n) is 3.68. The van der Waals surface area contributed by atoms with Gasteiger partial charge in [0.1, 0.15) is 0 Å². The number of nitrogen functional groups attached to an aromatic ring is 1. The van der Waals surface area contributed by atoms with Crippen LogP contribution in [0.4, 0.5) is 18.9 Å². The van der Waals surface area contributed by atoms with E-state index in [0.717, 1.165) is 37.5 Å². The first-order valence-electron chi connectivity index (χ1n) is 6.61. The molecular formula is C14H17F3N2OS. The van der Waals surface area contributed by atoms with E-state index in [1.54, 1.807) is 11.8 Å². The Morgan fingerprint density at radius 2 is 2.10 bits per heavy atom. The highest BCUT2D eigenvalue weighted by molar-refractivity contribution is 7.99. The summed E-state index contributed by atoms with van der Waals surface area (Å²) in [7, 11) is 0. The number of rotatable bonds is 3. The van der Waals surface area contributed by atoms with Gasteiger partial charge in [0.15, 0.2) is 0 Å². The third kappa shape index (κ3) is 3.84. The molecule has 1 aromatic rings. The summed E-state index contributed by atoms with van der Waals surface area (Å²) in [5, 5.41) is 3.27. The number of amides is 1. The fourth-order valence-corrected chi connectivity index (χ4v) is 3.27. The minimum Gasteiger partial charge on any atom is -0.398 e. The largest absolute Gasteiger partial charge is 0.416 e. The maximum absolute atomic E-state index is 12.7. The first-order chi connectivity index (χ1) is 9.81. The summed E-state index contributed by atoms with van der Waals surface area (Å²) < 4.78 is 38.1. The molecule has 1 amide bonds. The number of carbonyl (C=O) groups is 1. The average Bonchev–Trinajstić information content (AvgIpc) is 2.85. The average molecular weight is 318 g/mol. The second-order valence-corrected chi connectivity index (χ2v) is 6.28. The van der Waals surface area contributed by atoms with Crippen LogP contribution in [-0.4, -0.2) is 23.5 Å². The van der Waals surface area contributed by atoms with Crippen LogP contribution >= 0.6 is 11.8 Å². The van der Waals surface area contributed by atoms with Crippen molar-refractivity contribution >= 4 is 23.4 Å². The molecule has 1 aliphatic rings. The van der Waals surface area contributed by atoms with Gasteiger partial charge in [-0.15, -0.1) is 0 Å². The number of nitrogens with two attached hydrogens (primary N) is 1. The molecule has 3 nitrogen and oxygen atoms in total. The van der Waals surface area contributed by atoms with Crippen molar-refractivity contribution in [3.63, 3.8) is 0 Å². The number of halogens is 3. The van der Waals surface area contributed by atoms with E-state index >= 15 is 0 Å². The molecule has 0 spiro atoms. The zero-order valence-electron chi connectivity index (χ0n) is 11.5. The zero-order chi connectivity index (χ0) is 15.6. The van der Waals surface area contributed by atoms with Crippen molar-refractivity contribution in [1.29, 1.82) is 0 Å². The Morgan fingerprint density at radius 3 is 2.67 bits per heavy atom. The van der Waals surface area contributed by atoms with E-state index in [-0.39, 0.29) is 17.3 Å². The lowest BCUT2D eigenvalue weighted by molar-refractivity contribution is -0.137. The molecule has 0 saturated heterocycles. The van der Waals surface area contributed by atoms with Crippen LogP contribution < -0.4 is 11.1 Å². The minimum atomic E-state index is -4.49. The molecule has 7 heteroatoms. The van der Waals surface area contributed by atoms with Crippen LogP contribution in [0.15, 0.2) is 18.2 Å². The molecule has 2 rings (SSSR count). The molecule has 1 aromatic carbocycles. The molecule has 21 heavy (non-hydrogen) atoms.